The zero-order chi connectivity index (χ0) is 10.3. The molecule has 0 aliphatic rings. The molecule has 0 saturated heterocycles. The van der Waals surface area contributed by atoms with Crippen LogP contribution in [0.4, 0.5) is 4.39 Å². The molecule has 1 aromatic heterocycles. The highest BCUT2D eigenvalue weighted by atomic mass is 127. The van der Waals surface area contributed by atoms with E-state index in [1.165, 1.54) is 11.3 Å². The first-order valence-corrected chi connectivity index (χ1v) is 5.78. The topological polar surface area (TPSA) is 40.5 Å². The minimum atomic E-state index is -1.76. The Labute approximate surface area is 97.7 Å². The van der Waals surface area contributed by atoms with Crippen LogP contribution >= 0.6 is 33.9 Å². The number of hydrogen-bond acceptors (Lipinski definition) is 3. The molecule has 2 nitrogen and oxygen atoms in total. The van der Waals surface area contributed by atoms with Crippen LogP contribution in [0.3, 0.4) is 0 Å². The van der Waals surface area contributed by atoms with Crippen molar-refractivity contribution >= 4 is 56.6 Å². The number of fused-ring (bicyclic) bond motifs is 1. The van der Waals surface area contributed by atoms with Crippen molar-refractivity contribution in [3.05, 3.63) is 26.9 Å². The SMILES string of the molecule is OB(O)c1c(I)cc2sccc2c1F. The standard InChI is InChI=1S/C8H5BFIO2S/c10-8-4-1-2-14-6(4)3-5(11)7(8)9(12)13/h1-3,12-13H. The van der Waals surface area contributed by atoms with Gasteiger partial charge in [0.05, 0.1) is 0 Å². The Morgan fingerprint density at radius 3 is 2.79 bits per heavy atom. The first kappa shape index (κ1) is 10.3. The third kappa shape index (κ3) is 1.56. The van der Waals surface area contributed by atoms with Crippen molar-refractivity contribution in [3.8, 4) is 0 Å². The van der Waals surface area contributed by atoms with Crippen molar-refractivity contribution in [1.29, 1.82) is 0 Å². The fourth-order valence-electron chi connectivity index (χ4n) is 1.29. The van der Waals surface area contributed by atoms with E-state index >= 15 is 0 Å². The van der Waals surface area contributed by atoms with Crippen molar-refractivity contribution < 1.29 is 14.4 Å². The molecule has 6 heteroatoms. The summed E-state index contributed by atoms with van der Waals surface area (Å²) in [4.78, 5) is 0. The Morgan fingerprint density at radius 2 is 2.14 bits per heavy atom. The number of halogens is 2. The summed E-state index contributed by atoms with van der Waals surface area (Å²) >= 11 is 3.32. The Hall–Kier alpha value is -0.175. The van der Waals surface area contributed by atoms with Crippen LogP contribution < -0.4 is 5.46 Å². The molecule has 2 N–H and O–H groups in total. The molecule has 0 amide bonds. The Bertz CT molecular complexity index is 485. The van der Waals surface area contributed by atoms with E-state index in [9.17, 15) is 4.39 Å². The molecule has 0 saturated carbocycles. The molecule has 0 spiro atoms. The van der Waals surface area contributed by atoms with Gasteiger partial charge in [-0.3, -0.25) is 0 Å². The molecule has 1 heterocycles. The van der Waals surface area contributed by atoms with Gasteiger partial charge in [-0.2, -0.15) is 0 Å². The lowest BCUT2D eigenvalue weighted by Gasteiger charge is -2.05. The van der Waals surface area contributed by atoms with Crippen molar-refractivity contribution in [3.63, 3.8) is 0 Å². The van der Waals surface area contributed by atoms with Gasteiger partial charge in [-0.15, -0.1) is 11.3 Å². The van der Waals surface area contributed by atoms with E-state index in [1.807, 2.05) is 22.6 Å². The summed E-state index contributed by atoms with van der Waals surface area (Å²) in [6.45, 7) is 0. The lowest BCUT2D eigenvalue weighted by molar-refractivity contribution is 0.423. The summed E-state index contributed by atoms with van der Waals surface area (Å²) in [5.74, 6) is -0.539. The van der Waals surface area contributed by atoms with Gasteiger partial charge in [-0.05, 0) is 40.1 Å². The molecule has 0 fully saturated rings. The molecule has 2 rings (SSSR count). The summed E-state index contributed by atoms with van der Waals surface area (Å²) in [5, 5.41) is 20.2. The van der Waals surface area contributed by atoms with E-state index in [4.69, 9.17) is 10.0 Å². The molecule has 0 bridgehead atoms. The fourth-order valence-corrected chi connectivity index (χ4v) is 3.15. The average Bonchev–Trinajstić information content (AvgIpc) is 2.50. The summed E-state index contributed by atoms with van der Waals surface area (Å²) < 4.78 is 15.0. The largest absolute Gasteiger partial charge is 0.492 e. The second kappa shape index (κ2) is 3.76. The molecule has 0 aliphatic heterocycles. The molecule has 72 valence electrons. The highest BCUT2D eigenvalue weighted by Crippen LogP contribution is 2.24. The van der Waals surface area contributed by atoms with Gasteiger partial charge in [0.1, 0.15) is 5.82 Å². The van der Waals surface area contributed by atoms with Gasteiger partial charge in [-0.1, -0.05) is 0 Å². The maximum Gasteiger partial charge on any atom is 0.492 e. The van der Waals surface area contributed by atoms with Crippen LogP contribution in [0.15, 0.2) is 17.5 Å². The number of benzene rings is 1. The predicted octanol–water partition coefficient (Wildman–Crippen LogP) is 1.32. The quantitative estimate of drug-likeness (QED) is 0.614. The normalized spacial score (nSPS) is 10.9. The van der Waals surface area contributed by atoms with Crippen LogP contribution in [0.25, 0.3) is 10.1 Å². The summed E-state index contributed by atoms with van der Waals surface area (Å²) in [5.41, 5.74) is -0.0449. The second-order valence-corrected chi connectivity index (χ2v) is 4.90. The zero-order valence-electron chi connectivity index (χ0n) is 6.87. The lowest BCUT2D eigenvalue weighted by atomic mass is 9.79. The zero-order valence-corrected chi connectivity index (χ0v) is 9.84. The highest BCUT2D eigenvalue weighted by molar-refractivity contribution is 14.1. The van der Waals surface area contributed by atoms with Crippen molar-refractivity contribution in [2.45, 2.75) is 0 Å². The monoisotopic (exact) mass is 322 g/mol. The van der Waals surface area contributed by atoms with E-state index in [2.05, 4.69) is 0 Å². The predicted molar refractivity (Wildman–Crippen MR) is 64.3 cm³/mol. The first-order valence-electron chi connectivity index (χ1n) is 3.82. The van der Waals surface area contributed by atoms with Gasteiger partial charge < -0.3 is 10.0 Å². The van der Waals surface area contributed by atoms with Crippen LogP contribution in [0, 0.1) is 9.39 Å². The fraction of sp³-hybridized carbons (Fsp3) is 0. The van der Waals surface area contributed by atoms with Crippen LogP contribution in [0.5, 0.6) is 0 Å². The van der Waals surface area contributed by atoms with Crippen molar-refractivity contribution in [2.75, 3.05) is 0 Å². The third-order valence-corrected chi connectivity index (χ3v) is 3.70. The van der Waals surface area contributed by atoms with Crippen LogP contribution in [0.2, 0.25) is 0 Å². The second-order valence-electron chi connectivity index (χ2n) is 2.79. The molecular weight excluding hydrogens is 317 g/mol. The van der Waals surface area contributed by atoms with Crippen LogP contribution in [-0.2, 0) is 0 Å². The molecule has 1 aromatic carbocycles. The van der Waals surface area contributed by atoms with E-state index in [0.29, 0.717) is 8.96 Å². The van der Waals surface area contributed by atoms with Gasteiger partial charge in [0, 0.05) is 19.1 Å². The number of hydrogen-bond donors (Lipinski definition) is 2. The van der Waals surface area contributed by atoms with E-state index in [1.54, 1.807) is 17.5 Å². The van der Waals surface area contributed by atoms with Gasteiger partial charge in [0.15, 0.2) is 0 Å². The molecule has 0 atom stereocenters. The van der Waals surface area contributed by atoms with Crippen molar-refractivity contribution in [1.82, 2.24) is 0 Å². The van der Waals surface area contributed by atoms with E-state index in [0.717, 1.165) is 4.70 Å². The molecular formula is C8H5BFIO2S. The molecule has 0 unspecified atom stereocenters. The maximum atomic E-state index is 13.7. The Kier molecular flexibility index (Phi) is 2.78. The lowest BCUT2D eigenvalue weighted by Crippen LogP contribution is -2.35. The minimum Gasteiger partial charge on any atom is -0.423 e. The number of thiophene rings is 1. The minimum absolute atomic E-state index is 0.0449. The van der Waals surface area contributed by atoms with Gasteiger partial charge in [0.2, 0.25) is 0 Å². The summed E-state index contributed by atoms with van der Waals surface area (Å²) in [6, 6.07) is 3.38. The molecule has 0 aliphatic carbocycles. The van der Waals surface area contributed by atoms with E-state index < -0.39 is 12.9 Å². The van der Waals surface area contributed by atoms with Crippen LogP contribution in [-0.4, -0.2) is 17.2 Å². The first-order chi connectivity index (χ1) is 6.61. The maximum absolute atomic E-state index is 13.7. The molecule has 14 heavy (non-hydrogen) atoms. The number of rotatable bonds is 1. The Morgan fingerprint density at radius 1 is 1.43 bits per heavy atom. The van der Waals surface area contributed by atoms with Gasteiger partial charge in [-0.25, -0.2) is 4.39 Å². The molecule has 2 aromatic rings. The smallest absolute Gasteiger partial charge is 0.423 e. The third-order valence-electron chi connectivity index (χ3n) is 1.94. The summed E-state index contributed by atoms with van der Waals surface area (Å²) in [7, 11) is -1.76. The Balaban J connectivity index is 2.82. The average molecular weight is 322 g/mol. The van der Waals surface area contributed by atoms with E-state index in [-0.39, 0.29) is 5.46 Å². The van der Waals surface area contributed by atoms with Gasteiger partial charge in [0.25, 0.3) is 0 Å². The molecule has 0 radical (unpaired) electrons. The summed E-state index contributed by atoms with van der Waals surface area (Å²) in [6.07, 6.45) is 0. The highest BCUT2D eigenvalue weighted by Gasteiger charge is 2.22. The van der Waals surface area contributed by atoms with Gasteiger partial charge >= 0.3 is 7.12 Å². The van der Waals surface area contributed by atoms with Crippen molar-refractivity contribution in [2.24, 2.45) is 0 Å². The van der Waals surface area contributed by atoms with Crippen LogP contribution in [0.1, 0.15) is 0 Å².